The molecule has 0 radical (unpaired) electrons. The number of pyridine rings is 1. The number of carbonyl (C=O) groups excluding carboxylic acids is 2. The normalized spacial score (nSPS) is 29.8. The van der Waals surface area contributed by atoms with Gasteiger partial charge in [0.2, 0.25) is 5.91 Å². The molecule has 1 aromatic carbocycles. The summed E-state index contributed by atoms with van der Waals surface area (Å²) in [5, 5.41) is 4.22. The van der Waals surface area contributed by atoms with E-state index in [0.29, 0.717) is 11.4 Å². The molecular formula is C35H40FN7O2. The van der Waals surface area contributed by atoms with Crippen LogP contribution < -0.4 is 11.1 Å². The molecule has 9 nitrogen and oxygen atoms in total. The molecule has 0 unspecified atom stereocenters. The van der Waals surface area contributed by atoms with Gasteiger partial charge in [0.05, 0.1) is 34.0 Å². The van der Waals surface area contributed by atoms with E-state index in [4.69, 9.17) is 15.7 Å². The minimum Gasteiger partial charge on any atom is -0.348 e. The van der Waals surface area contributed by atoms with Gasteiger partial charge in [-0.3, -0.25) is 9.59 Å². The van der Waals surface area contributed by atoms with Crippen molar-refractivity contribution < 1.29 is 14.0 Å². The van der Waals surface area contributed by atoms with E-state index in [2.05, 4.69) is 26.6 Å². The lowest BCUT2D eigenvalue weighted by Gasteiger charge is -2.23. The van der Waals surface area contributed by atoms with E-state index < -0.39 is 5.82 Å². The number of benzene rings is 1. The third-order valence-corrected chi connectivity index (χ3v) is 11.3. The van der Waals surface area contributed by atoms with Crippen LogP contribution in [-0.4, -0.2) is 53.9 Å². The SMILES string of the molecule is C[C@H]1NC(=O)[C@@H]2C[C@H]2CCCCCn2c(-c3nc4cc(C(=O)N5[C@H]6CC[C@@H]5[C@H](N)C6)c(F)cc4n3C3CC3)cc3ccc1nc32. The minimum atomic E-state index is -0.497. The molecule has 2 saturated heterocycles. The summed E-state index contributed by atoms with van der Waals surface area (Å²) in [6.07, 6.45) is 9.90. The van der Waals surface area contributed by atoms with Crippen molar-refractivity contribution in [3.8, 4) is 11.5 Å². The van der Waals surface area contributed by atoms with Crippen LogP contribution in [0.15, 0.2) is 30.3 Å². The molecule has 3 aromatic heterocycles. The number of rotatable bonds is 3. The van der Waals surface area contributed by atoms with Crippen LogP contribution >= 0.6 is 0 Å². The number of nitrogens with zero attached hydrogens (tertiary/aromatic N) is 5. The summed E-state index contributed by atoms with van der Waals surface area (Å²) in [4.78, 5) is 38.7. The van der Waals surface area contributed by atoms with E-state index in [-0.39, 0.29) is 53.5 Å². The number of hydrogen-bond donors (Lipinski definition) is 2. The quantitative estimate of drug-likeness (QED) is 0.313. The number of nitrogens with two attached hydrogens (primary N) is 1. The van der Waals surface area contributed by atoms with Crippen molar-refractivity contribution in [2.75, 3.05) is 0 Å². The molecule has 2 saturated carbocycles. The second-order valence-corrected chi connectivity index (χ2v) is 14.3. The van der Waals surface area contributed by atoms with E-state index in [1.165, 1.54) is 6.07 Å². The molecule has 234 valence electrons. The van der Waals surface area contributed by atoms with Crippen molar-refractivity contribution in [3.63, 3.8) is 0 Å². The van der Waals surface area contributed by atoms with Crippen LogP contribution in [0.2, 0.25) is 0 Å². The summed E-state index contributed by atoms with van der Waals surface area (Å²) in [7, 11) is 0. The molecule has 3 aliphatic heterocycles. The fourth-order valence-electron chi connectivity index (χ4n) is 8.58. The third-order valence-electron chi connectivity index (χ3n) is 11.3. The molecule has 5 aliphatic rings. The highest BCUT2D eigenvalue weighted by Crippen LogP contribution is 2.45. The van der Waals surface area contributed by atoms with Crippen molar-refractivity contribution >= 4 is 33.9 Å². The highest BCUT2D eigenvalue weighted by molar-refractivity contribution is 5.99. The van der Waals surface area contributed by atoms with E-state index in [9.17, 15) is 9.59 Å². The molecule has 6 heterocycles. The monoisotopic (exact) mass is 609 g/mol. The van der Waals surface area contributed by atoms with Crippen molar-refractivity contribution in [3.05, 3.63) is 47.4 Å². The first-order valence-electron chi connectivity index (χ1n) is 17.0. The maximum absolute atomic E-state index is 15.8. The number of fused-ring (bicyclic) bond motifs is 5. The zero-order chi connectivity index (χ0) is 30.6. The number of halogens is 1. The predicted octanol–water partition coefficient (Wildman–Crippen LogP) is 5.62. The van der Waals surface area contributed by atoms with E-state index in [1.54, 1.807) is 6.07 Å². The highest BCUT2D eigenvalue weighted by Gasteiger charge is 2.48. The molecule has 4 aromatic rings. The molecule has 4 fully saturated rings. The fraction of sp³-hybridized carbons (Fsp3) is 0.543. The third kappa shape index (κ3) is 4.42. The molecule has 45 heavy (non-hydrogen) atoms. The maximum Gasteiger partial charge on any atom is 0.257 e. The van der Waals surface area contributed by atoms with Crippen molar-refractivity contribution in [2.24, 2.45) is 17.6 Å². The Hall–Kier alpha value is -3.79. The lowest BCUT2D eigenvalue weighted by atomic mass is 9.97. The minimum absolute atomic E-state index is 0.0129. The second-order valence-electron chi connectivity index (χ2n) is 14.3. The Labute approximate surface area is 261 Å². The summed E-state index contributed by atoms with van der Waals surface area (Å²) in [6, 6.07) is 9.52. The van der Waals surface area contributed by atoms with Crippen LogP contribution in [0.5, 0.6) is 0 Å². The number of aryl methyl sites for hydroxylation is 1. The Kier molecular flexibility index (Phi) is 6.18. The fourth-order valence-corrected chi connectivity index (χ4v) is 8.58. The Morgan fingerprint density at radius 2 is 1.84 bits per heavy atom. The van der Waals surface area contributed by atoms with E-state index in [0.717, 1.165) is 105 Å². The summed E-state index contributed by atoms with van der Waals surface area (Å²) in [5.74, 6) is 0.821. The van der Waals surface area contributed by atoms with Gasteiger partial charge in [-0.2, -0.15) is 0 Å². The first-order chi connectivity index (χ1) is 21.9. The van der Waals surface area contributed by atoms with Gasteiger partial charge in [-0.05, 0) is 88.5 Å². The van der Waals surface area contributed by atoms with Gasteiger partial charge in [0.25, 0.3) is 5.91 Å². The number of nitrogens with one attached hydrogen (secondary N) is 1. The van der Waals surface area contributed by atoms with Crippen molar-refractivity contribution in [1.29, 1.82) is 0 Å². The van der Waals surface area contributed by atoms with Crippen LogP contribution in [0, 0.1) is 17.7 Å². The molecule has 2 aliphatic carbocycles. The zero-order valence-electron chi connectivity index (χ0n) is 25.7. The van der Waals surface area contributed by atoms with Gasteiger partial charge in [-0.25, -0.2) is 14.4 Å². The van der Waals surface area contributed by atoms with E-state index >= 15 is 4.39 Å². The van der Waals surface area contributed by atoms with Crippen molar-refractivity contribution in [2.45, 2.75) is 108 Å². The molecule has 10 heteroatoms. The summed E-state index contributed by atoms with van der Waals surface area (Å²) in [5.41, 5.74) is 10.4. The second kappa shape index (κ2) is 10.1. The predicted molar refractivity (Wildman–Crippen MR) is 169 cm³/mol. The van der Waals surface area contributed by atoms with Gasteiger partial charge in [-0.15, -0.1) is 0 Å². The Bertz CT molecular complexity index is 1870. The van der Waals surface area contributed by atoms with E-state index in [1.807, 2.05) is 17.9 Å². The van der Waals surface area contributed by atoms with Gasteiger partial charge in [-0.1, -0.05) is 12.8 Å². The maximum atomic E-state index is 15.8. The number of amides is 2. The topological polar surface area (TPSA) is 111 Å². The molecular weight excluding hydrogens is 569 g/mol. The van der Waals surface area contributed by atoms with Gasteiger partial charge in [0, 0.05) is 48.1 Å². The number of imidazole rings is 1. The average molecular weight is 610 g/mol. The standard InChI is InChI=1S/C35H40FN7O2/c1-18-27-10-6-20-14-31(41(32(20)39-27)12-4-2-3-5-19-13-23(19)34(44)38-18)33-40-28-16-24(25(36)17-30(28)42(33)21-7-8-21)35(45)43-22-9-11-29(43)26(37)15-22/h6,10,14,16-19,21-23,26,29H,2-5,7-9,11-13,15,37H2,1H3,(H,38,44)/t18-,19-,22+,23-,26-,29-/m1/s1. The number of aromatic nitrogens is 4. The molecule has 0 spiro atoms. The number of hydrogen-bond acceptors (Lipinski definition) is 5. The average Bonchev–Trinajstić information content (AvgIpc) is 3.87. The van der Waals surface area contributed by atoms with Crippen LogP contribution in [0.25, 0.3) is 33.6 Å². The Morgan fingerprint density at radius 3 is 2.62 bits per heavy atom. The van der Waals surface area contributed by atoms with Crippen LogP contribution in [0.3, 0.4) is 0 Å². The van der Waals surface area contributed by atoms with Crippen LogP contribution in [0.4, 0.5) is 4.39 Å². The lowest BCUT2D eigenvalue weighted by Crippen LogP contribution is -2.40. The molecule has 2 amide bonds. The summed E-state index contributed by atoms with van der Waals surface area (Å²) in [6.45, 7) is 2.80. The first-order valence-corrected chi connectivity index (χ1v) is 17.0. The largest absolute Gasteiger partial charge is 0.348 e. The molecule has 4 bridgehead atoms. The summed E-state index contributed by atoms with van der Waals surface area (Å²) < 4.78 is 20.3. The van der Waals surface area contributed by atoms with Crippen LogP contribution in [-0.2, 0) is 11.3 Å². The number of carbonyl (C=O) groups is 2. The first kappa shape index (κ1) is 27.5. The van der Waals surface area contributed by atoms with Crippen LogP contribution in [0.1, 0.15) is 99.3 Å². The van der Waals surface area contributed by atoms with Gasteiger partial charge in [0.15, 0.2) is 5.82 Å². The van der Waals surface area contributed by atoms with Gasteiger partial charge >= 0.3 is 0 Å². The molecule has 6 atom stereocenters. The Morgan fingerprint density at radius 1 is 1.00 bits per heavy atom. The zero-order valence-corrected chi connectivity index (χ0v) is 25.7. The molecule has 9 rings (SSSR count). The smallest absolute Gasteiger partial charge is 0.257 e. The van der Waals surface area contributed by atoms with Crippen molar-refractivity contribution in [1.82, 2.24) is 29.3 Å². The van der Waals surface area contributed by atoms with Gasteiger partial charge < -0.3 is 25.1 Å². The molecule has 3 N–H and O–H groups in total. The highest BCUT2D eigenvalue weighted by atomic mass is 19.1. The lowest BCUT2D eigenvalue weighted by molar-refractivity contribution is -0.123. The van der Waals surface area contributed by atoms with Gasteiger partial charge in [0.1, 0.15) is 11.5 Å². The Balaban J connectivity index is 1.15. The summed E-state index contributed by atoms with van der Waals surface area (Å²) >= 11 is 0.